The number of fused-ring (bicyclic) bond motifs is 3. The lowest BCUT2D eigenvalue weighted by Gasteiger charge is -2.48. The summed E-state index contributed by atoms with van der Waals surface area (Å²) in [5.41, 5.74) is 4.54. The van der Waals surface area contributed by atoms with Crippen LogP contribution in [0.4, 0.5) is 21.6 Å². The zero-order valence-electron chi connectivity index (χ0n) is 28.8. The first kappa shape index (κ1) is 32.8. The van der Waals surface area contributed by atoms with Crippen molar-refractivity contribution in [2.24, 2.45) is 0 Å². The number of piperidine rings is 2. The standard InChI is InChI=1S/C38H45FN8O3/c1-24(2)46-23-41-32-21-31(43-36(35(32)46)42-30-8-12-40-22-29(30)39)25-6-7-28-33(18-25)47(27-19-26(20-27)44-13-4-3-5-14-44)37(50)38(28)10-15-45(16-11-38)34(49)9-17-48/h6-8,12,18,21-24,26-27,48H,3-5,9-11,13-17,19-20H2,1-2H3,(H,40,42,43). The van der Waals surface area contributed by atoms with E-state index < -0.39 is 11.2 Å². The largest absolute Gasteiger partial charge is 0.396 e. The molecule has 2 amide bonds. The van der Waals surface area contributed by atoms with Gasteiger partial charge in [0.1, 0.15) is 5.52 Å². The number of likely N-dealkylation sites (tertiary alicyclic amines) is 2. The fourth-order valence-corrected chi connectivity index (χ4v) is 8.63. The number of nitrogens with zero attached hydrogens (tertiary/aromatic N) is 7. The first-order valence-electron chi connectivity index (χ1n) is 18.1. The SMILES string of the molecule is CC(C)n1cnc2cc(-c3ccc4c(c3)N(C3CC(N5CCCCC5)C3)C(=O)C43CCN(C(=O)CCO)CC3)nc(Nc3ccncc3F)c21. The van der Waals surface area contributed by atoms with Crippen LogP contribution in [-0.4, -0.2) is 91.1 Å². The molecule has 3 aliphatic heterocycles. The molecule has 4 aromatic rings. The van der Waals surface area contributed by atoms with Gasteiger partial charge in [0.25, 0.3) is 0 Å². The van der Waals surface area contributed by atoms with Gasteiger partial charge in [-0.05, 0) is 89.2 Å². The summed E-state index contributed by atoms with van der Waals surface area (Å²) in [7, 11) is 0. The third kappa shape index (κ3) is 5.53. The smallest absolute Gasteiger partial charge is 0.238 e. The molecule has 1 aliphatic carbocycles. The normalized spacial score (nSPS) is 22.0. The maximum absolute atomic E-state index is 14.8. The van der Waals surface area contributed by atoms with Gasteiger partial charge in [0.05, 0.1) is 41.4 Å². The highest BCUT2D eigenvalue weighted by atomic mass is 19.1. The van der Waals surface area contributed by atoms with E-state index in [4.69, 9.17) is 9.97 Å². The minimum absolute atomic E-state index is 0.0685. The summed E-state index contributed by atoms with van der Waals surface area (Å²) in [5, 5.41) is 12.6. The van der Waals surface area contributed by atoms with E-state index in [1.807, 2.05) is 16.7 Å². The van der Waals surface area contributed by atoms with Crippen LogP contribution in [0, 0.1) is 5.82 Å². The number of carbonyl (C=O) groups excluding carboxylic acids is 2. The van der Waals surface area contributed by atoms with Crippen molar-refractivity contribution in [3.63, 3.8) is 0 Å². The summed E-state index contributed by atoms with van der Waals surface area (Å²) >= 11 is 0. The van der Waals surface area contributed by atoms with Gasteiger partial charge in [0.2, 0.25) is 11.8 Å². The van der Waals surface area contributed by atoms with Crippen LogP contribution < -0.4 is 10.2 Å². The number of imidazole rings is 1. The summed E-state index contributed by atoms with van der Waals surface area (Å²) in [5.74, 6) is 0.0755. The quantitative estimate of drug-likeness (QED) is 0.248. The highest BCUT2D eigenvalue weighted by Crippen LogP contribution is 2.52. The molecule has 3 fully saturated rings. The van der Waals surface area contributed by atoms with Crippen LogP contribution in [0.3, 0.4) is 0 Å². The van der Waals surface area contributed by atoms with E-state index in [0.717, 1.165) is 53.8 Å². The Kier molecular flexibility index (Phi) is 8.54. The van der Waals surface area contributed by atoms with Gasteiger partial charge in [-0.2, -0.15) is 0 Å². The van der Waals surface area contributed by atoms with Gasteiger partial charge in [0.15, 0.2) is 11.6 Å². The number of rotatable bonds is 8. The minimum atomic E-state index is -0.695. The molecule has 262 valence electrons. The van der Waals surface area contributed by atoms with Crippen molar-refractivity contribution in [1.82, 2.24) is 29.3 Å². The Bertz CT molecular complexity index is 1920. The molecule has 50 heavy (non-hydrogen) atoms. The van der Waals surface area contributed by atoms with Crippen LogP contribution in [0.25, 0.3) is 22.3 Å². The first-order valence-corrected chi connectivity index (χ1v) is 18.1. The monoisotopic (exact) mass is 680 g/mol. The number of amides is 2. The molecule has 12 heteroatoms. The molecule has 4 aliphatic rings. The Morgan fingerprint density at radius 3 is 2.56 bits per heavy atom. The number of aliphatic hydroxyl groups excluding tert-OH is 1. The van der Waals surface area contributed by atoms with E-state index in [9.17, 15) is 19.1 Å². The third-order valence-electron chi connectivity index (χ3n) is 11.5. The molecule has 0 unspecified atom stereocenters. The Morgan fingerprint density at radius 2 is 1.84 bits per heavy atom. The highest BCUT2D eigenvalue weighted by molar-refractivity contribution is 6.09. The second kappa shape index (κ2) is 13.0. The number of aromatic nitrogens is 4. The van der Waals surface area contributed by atoms with Crippen LogP contribution in [0.2, 0.25) is 0 Å². The van der Waals surface area contributed by atoms with Gasteiger partial charge < -0.3 is 29.7 Å². The predicted octanol–water partition coefficient (Wildman–Crippen LogP) is 5.56. The van der Waals surface area contributed by atoms with E-state index in [1.54, 1.807) is 17.3 Å². The van der Waals surface area contributed by atoms with Crippen LogP contribution in [0.1, 0.15) is 76.8 Å². The van der Waals surface area contributed by atoms with Gasteiger partial charge in [-0.3, -0.25) is 14.6 Å². The molecular formula is C38H45FN8O3. The lowest BCUT2D eigenvalue weighted by Crippen LogP contribution is -2.58. The summed E-state index contributed by atoms with van der Waals surface area (Å²) < 4.78 is 16.8. The molecule has 0 atom stereocenters. The summed E-state index contributed by atoms with van der Waals surface area (Å²) in [6, 6.07) is 10.5. The molecule has 2 saturated heterocycles. The van der Waals surface area contributed by atoms with Crippen LogP contribution >= 0.6 is 0 Å². The first-order chi connectivity index (χ1) is 24.3. The van der Waals surface area contributed by atoms with Gasteiger partial charge in [-0.25, -0.2) is 14.4 Å². The number of aliphatic hydroxyl groups is 1. The number of anilines is 3. The number of hydrogen-bond donors (Lipinski definition) is 2. The molecule has 1 aromatic carbocycles. The van der Waals surface area contributed by atoms with Crippen molar-refractivity contribution < 1.29 is 19.1 Å². The topological polar surface area (TPSA) is 120 Å². The predicted molar refractivity (Wildman–Crippen MR) is 190 cm³/mol. The molecule has 1 spiro atoms. The zero-order chi connectivity index (χ0) is 34.6. The molecule has 11 nitrogen and oxygen atoms in total. The second-order valence-corrected chi connectivity index (χ2v) is 14.7. The van der Waals surface area contributed by atoms with E-state index in [-0.39, 0.29) is 42.6 Å². The average molecular weight is 681 g/mol. The molecule has 6 heterocycles. The van der Waals surface area contributed by atoms with Crippen molar-refractivity contribution in [3.8, 4) is 11.3 Å². The Morgan fingerprint density at radius 1 is 1.06 bits per heavy atom. The number of benzene rings is 1. The maximum atomic E-state index is 14.8. The molecule has 3 aromatic heterocycles. The number of halogens is 1. The Hall–Kier alpha value is -4.42. The second-order valence-electron chi connectivity index (χ2n) is 14.7. The van der Waals surface area contributed by atoms with Crippen LogP contribution in [-0.2, 0) is 15.0 Å². The van der Waals surface area contributed by atoms with Crippen LogP contribution in [0.15, 0.2) is 49.1 Å². The lowest BCUT2D eigenvalue weighted by atomic mass is 9.73. The number of nitrogens with one attached hydrogen (secondary N) is 1. The van der Waals surface area contributed by atoms with Gasteiger partial charge in [-0.1, -0.05) is 18.6 Å². The van der Waals surface area contributed by atoms with Gasteiger partial charge in [0, 0.05) is 55.1 Å². The third-order valence-corrected chi connectivity index (χ3v) is 11.5. The van der Waals surface area contributed by atoms with Crippen molar-refractivity contribution in [3.05, 3.63) is 60.4 Å². The molecule has 0 bridgehead atoms. The van der Waals surface area contributed by atoms with E-state index in [2.05, 4.69) is 46.1 Å². The number of carbonyl (C=O) groups is 2. The molecule has 2 N–H and O–H groups in total. The van der Waals surface area contributed by atoms with Crippen molar-refractivity contribution in [1.29, 1.82) is 0 Å². The van der Waals surface area contributed by atoms with E-state index >= 15 is 0 Å². The highest BCUT2D eigenvalue weighted by Gasteiger charge is 2.55. The van der Waals surface area contributed by atoms with Crippen molar-refractivity contribution in [2.75, 3.05) is 43.0 Å². The van der Waals surface area contributed by atoms with E-state index in [0.29, 0.717) is 43.5 Å². The minimum Gasteiger partial charge on any atom is -0.396 e. The average Bonchev–Trinajstić information content (AvgIpc) is 3.64. The van der Waals surface area contributed by atoms with Crippen molar-refractivity contribution >= 4 is 40.0 Å². The fourth-order valence-electron chi connectivity index (χ4n) is 8.63. The zero-order valence-corrected chi connectivity index (χ0v) is 28.8. The maximum Gasteiger partial charge on any atom is 0.238 e. The Labute approximate surface area is 291 Å². The van der Waals surface area contributed by atoms with E-state index in [1.165, 1.54) is 31.7 Å². The molecule has 0 radical (unpaired) electrons. The van der Waals surface area contributed by atoms with Crippen LogP contribution in [0.5, 0.6) is 0 Å². The van der Waals surface area contributed by atoms with Crippen molar-refractivity contribution in [2.45, 2.75) is 88.8 Å². The molecular weight excluding hydrogens is 635 g/mol. The summed E-state index contributed by atoms with van der Waals surface area (Å²) in [6.45, 7) is 7.19. The molecule has 8 rings (SSSR count). The summed E-state index contributed by atoms with van der Waals surface area (Å²) in [4.78, 5) is 47.5. The molecule has 1 saturated carbocycles. The lowest BCUT2D eigenvalue weighted by molar-refractivity contribution is -0.136. The Balaban J connectivity index is 1.18. The number of hydrogen-bond acceptors (Lipinski definition) is 8. The number of pyridine rings is 2. The fraction of sp³-hybridized carbons (Fsp3) is 0.500. The van der Waals surface area contributed by atoms with Gasteiger partial charge >= 0.3 is 0 Å². The summed E-state index contributed by atoms with van der Waals surface area (Å²) in [6.07, 6.45) is 11.4. The van der Waals surface area contributed by atoms with Gasteiger partial charge in [-0.15, -0.1) is 0 Å².